The highest BCUT2D eigenvalue weighted by atomic mass is 16.4. The Kier molecular flexibility index (Phi) is 5.02. The highest BCUT2D eigenvalue weighted by molar-refractivity contribution is 5.96. The van der Waals surface area contributed by atoms with Crippen molar-refractivity contribution in [1.29, 1.82) is 0 Å². The van der Waals surface area contributed by atoms with Crippen molar-refractivity contribution < 1.29 is 19.8 Å². The minimum atomic E-state index is -1.08. The second-order valence-corrected chi connectivity index (χ2v) is 7.30. The summed E-state index contributed by atoms with van der Waals surface area (Å²) in [5.74, 6) is -1.29. The summed E-state index contributed by atoms with van der Waals surface area (Å²) in [6.07, 6.45) is 0.640. The first-order chi connectivity index (χ1) is 14.8. The number of nitrogens with zero attached hydrogens (tertiary/aromatic N) is 3. The molecule has 0 unspecified atom stereocenters. The van der Waals surface area contributed by atoms with Gasteiger partial charge < -0.3 is 10.2 Å². The number of imidazole rings is 1. The number of carbonyl (C=O) groups is 2. The molecular weight excluding hydrogens is 394 g/mol. The Morgan fingerprint density at radius 1 is 0.903 bits per heavy atom. The van der Waals surface area contributed by atoms with Gasteiger partial charge in [0, 0.05) is 12.1 Å². The Morgan fingerprint density at radius 2 is 1.58 bits per heavy atom. The molecule has 2 aromatic carbocycles. The minimum absolute atomic E-state index is 0.0146. The van der Waals surface area contributed by atoms with Crippen molar-refractivity contribution in [3.05, 3.63) is 76.7 Å². The number of rotatable bonds is 5. The van der Waals surface area contributed by atoms with Gasteiger partial charge in [-0.25, -0.2) is 19.6 Å². The Morgan fingerprint density at radius 3 is 2.19 bits per heavy atom. The smallest absolute Gasteiger partial charge is 0.354 e. The molecule has 2 aromatic heterocycles. The summed E-state index contributed by atoms with van der Waals surface area (Å²) in [5.41, 5.74) is 5.01. The van der Waals surface area contributed by atoms with Crippen molar-refractivity contribution in [2.24, 2.45) is 0 Å². The average molecular weight is 415 g/mol. The van der Waals surface area contributed by atoms with E-state index in [1.807, 2.05) is 42.7 Å². The Bertz CT molecular complexity index is 1340. The van der Waals surface area contributed by atoms with Gasteiger partial charge in [0.25, 0.3) is 0 Å². The maximum absolute atomic E-state index is 11.7. The second kappa shape index (κ2) is 7.68. The highest BCUT2D eigenvalue weighted by Crippen LogP contribution is 2.29. The van der Waals surface area contributed by atoms with Crippen molar-refractivity contribution in [2.75, 3.05) is 0 Å². The largest absolute Gasteiger partial charge is 0.478 e. The van der Waals surface area contributed by atoms with Crippen LogP contribution in [0.5, 0.6) is 0 Å². The Labute approximate surface area is 178 Å². The van der Waals surface area contributed by atoms with E-state index >= 15 is 0 Å². The highest BCUT2D eigenvalue weighted by Gasteiger charge is 2.21. The number of pyridine rings is 1. The zero-order valence-corrected chi connectivity index (χ0v) is 17.4. The number of aryl methyl sites for hydroxylation is 2. The zero-order valence-electron chi connectivity index (χ0n) is 17.4. The molecule has 0 atom stereocenters. The third-order valence-corrected chi connectivity index (χ3v) is 5.53. The van der Waals surface area contributed by atoms with Crippen LogP contribution in [0, 0.1) is 13.8 Å². The van der Waals surface area contributed by atoms with Crippen LogP contribution in [0.15, 0.2) is 48.5 Å². The predicted molar refractivity (Wildman–Crippen MR) is 117 cm³/mol. The summed E-state index contributed by atoms with van der Waals surface area (Å²) < 4.78 is 1.86. The molecule has 0 bridgehead atoms. The monoisotopic (exact) mass is 415 g/mol. The van der Waals surface area contributed by atoms with Crippen LogP contribution in [0.3, 0.4) is 0 Å². The third-order valence-electron chi connectivity index (χ3n) is 5.53. The Hall–Kier alpha value is -4.00. The first-order valence-corrected chi connectivity index (χ1v) is 9.88. The molecule has 0 amide bonds. The van der Waals surface area contributed by atoms with E-state index in [1.165, 1.54) is 0 Å². The van der Waals surface area contributed by atoms with Gasteiger partial charge in [-0.2, -0.15) is 0 Å². The van der Waals surface area contributed by atoms with Gasteiger partial charge in [0.1, 0.15) is 11.3 Å². The normalized spacial score (nSPS) is 11.1. The van der Waals surface area contributed by atoms with E-state index in [0.29, 0.717) is 28.7 Å². The molecule has 0 radical (unpaired) electrons. The summed E-state index contributed by atoms with van der Waals surface area (Å²) in [6, 6.07) is 14.3. The fourth-order valence-corrected chi connectivity index (χ4v) is 3.78. The van der Waals surface area contributed by atoms with E-state index in [4.69, 9.17) is 4.98 Å². The van der Waals surface area contributed by atoms with Crippen molar-refractivity contribution in [2.45, 2.75) is 27.2 Å². The van der Waals surface area contributed by atoms with Crippen molar-refractivity contribution in [3.63, 3.8) is 0 Å². The molecule has 4 aromatic rings. The van der Waals surface area contributed by atoms with E-state index in [9.17, 15) is 19.8 Å². The van der Waals surface area contributed by atoms with Crippen LogP contribution in [-0.4, -0.2) is 36.7 Å². The molecule has 0 aliphatic heterocycles. The quantitative estimate of drug-likeness (QED) is 0.491. The SMILES string of the molecule is CCc1nc2c(C)c(C)c(C(=O)O)nc2n1-c1ccc(-c2ccccc2C(=O)O)cc1. The van der Waals surface area contributed by atoms with Crippen LogP contribution in [0.4, 0.5) is 0 Å². The molecule has 7 heteroatoms. The molecule has 7 nitrogen and oxygen atoms in total. The molecule has 2 heterocycles. The fraction of sp³-hybridized carbons (Fsp3) is 0.167. The summed E-state index contributed by atoms with van der Waals surface area (Å²) in [7, 11) is 0. The first kappa shape index (κ1) is 20.3. The molecule has 0 aliphatic carbocycles. The van der Waals surface area contributed by atoms with E-state index in [0.717, 1.165) is 22.6 Å². The van der Waals surface area contributed by atoms with Gasteiger partial charge in [-0.3, -0.25) is 4.57 Å². The number of fused-ring (bicyclic) bond motifs is 1. The van der Waals surface area contributed by atoms with Gasteiger partial charge in [0.15, 0.2) is 11.3 Å². The molecule has 0 spiro atoms. The molecule has 31 heavy (non-hydrogen) atoms. The Balaban J connectivity index is 1.90. The van der Waals surface area contributed by atoms with Crippen LogP contribution in [0.2, 0.25) is 0 Å². The number of carboxylic acids is 2. The number of aromatic nitrogens is 3. The lowest BCUT2D eigenvalue weighted by molar-refractivity contribution is 0.0682. The summed E-state index contributed by atoms with van der Waals surface area (Å²) in [6.45, 7) is 5.58. The van der Waals surface area contributed by atoms with Crippen molar-refractivity contribution in [3.8, 4) is 16.8 Å². The summed E-state index contributed by atoms with van der Waals surface area (Å²) in [4.78, 5) is 32.4. The van der Waals surface area contributed by atoms with Gasteiger partial charge in [0.05, 0.1) is 5.56 Å². The first-order valence-electron chi connectivity index (χ1n) is 9.88. The summed E-state index contributed by atoms with van der Waals surface area (Å²) >= 11 is 0. The van der Waals surface area contributed by atoms with Crippen molar-refractivity contribution in [1.82, 2.24) is 14.5 Å². The van der Waals surface area contributed by atoms with Gasteiger partial charge in [-0.05, 0) is 54.3 Å². The van der Waals surface area contributed by atoms with Gasteiger partial charge >= 0.3 is 11.9 Å². The van der Waals surface area contributed by atoms with Crippen LogP contribution < -0.4 is 0 Å². The number of hydrogen-bond donors (Lipinski definition) is 2. The van der Waals surface area contributed by atoms with Gasteiger partial charge in [0.2, 0.25) is 0 Å². The van der Waals surface area contributed by atoms with Gasteiger partial charge in [-0.1, -0.05) is 37.3 Å². The number of carboxylic acid groups (broad SMARTS) is 2. The predicted octanol–water partition coefficient (Wildman–Crippen LogP) is 4.66. The van der Waals surface area contributed by atoms with E-state index < -0.39 is 11.9 Å². The topological polar surface area (TPSA) is 105 Å². The molecule has 4 rings (SSSR count). The number of benzene rings is 2. The summed E-state index contributed by atoms with van der Waals surface area (Å²) in [5, 5.41) is 19.0. The molecule has 0 saturated heterocycles. The molecule has 0 fully saturated rings. The lowest BCUT2D eigenvalue weighted by Crippen LogP contribution is -2.08. The maximum atomic E-state index is 11.7. The molecule has 0 aliphatic rings. The third kappa shape index (κ3) is 3.34. The van der Waals surface area contributed by atoms with Crippen LogP contribution in [0.25, 0.3) is 28.0 Å². The van der Waals surface area contributed by atoms with Crippen molar-refractivity contribution >= 4 is 23.1 Å². The lowest BCUT2D eigenvalue weighted by Gasteiger charge is -2.11. The van der Waals surface area contributed by atoms with Gasteiger partial charge in [-0.15, -0.1) is 0 Å². The van der Waals surface area contributed by atoms with E-state index in [1.54, 1.807) is 31.2 Å². The zero-order chi connectivity index (χ0) is 22.3. The minimum Gasteiger partial charge on any atom is -0.478 e. The van der Waals surface area contributed by atoms with Crippen LogP contribution >= 0.6 is 0 Å². The molecule has 0 saturated carbocycles. The van der Waals surface area contributed by atoms with Crippen LogP contribution in [0.1, 0.15) is 44.7 Å². The molecular formula is C24H21N3O4. The molecule has 156 valence electrons. The average Bonchev–Trinajstić information content (AvgIpc) is 3.15. The van der Waals surface area contributed by atoms with Crippen LogP contribution in [-0.2, 0) is 6.42 Å². The number of aromatic carboxylic acids is 2. The lowest BCUT2D eigenvalue weighted by atomic mass is 9.99. The van der Waals surface area contributed by atoms with E-state index in [-0.39, 0.29) is 11.3 Å². The number of hydrogen-bond acceptors (Lipinski definition) is 4. The second-order valence-electron chi connectivity index (χ2n) is 7.30. The maximum Gasteiger partial charge on any atom is 0.354 e. The van der Waals surface area contributed by atoms with E-state index in [2.05, 4.69) is 4.98 Å². The molecule has 2 N–H and O–H groups in total. The standard InChI is InChI=1S/C24H21N3O4/c1-4-19-25-20-13(2)14(3)21(24(30)31)26-22(20)27(19)16-11-9-15(10-12-16)17-7-5-6-8-18(17)23(28)29/h5-12H,4H2,1-3H3,(H,28,29)(H,30,31). The fourth-order valence-electron chi connectivity index (χ4n) is 3.78.